The molecule has 0 aliphatic carbocycles. The molecule has 0 unspecified atom stereocenters. The Morgan fingerprint density at radius 1 is 1.42 bits per heavy atom. The van der Waals surface area contributed by atoms with Crippen LogP contribution in [-0.4, -0.2) is 17.5 Å². The smallest absolute Gasteiger partial charge is 0.252 e. The summed E-state index contributed by atoms with van der Waals surface area (Å²) in [7, 11) is 0. The van der Waals surface area contributed by atoms with E-state index < -0.39 is 0 Å². The zero-order chi connectivity index (χ0) is 13.7. The first kappa shape index (κ1) is 14.2. The van der Waals surface area contributed by atoms with Crippen LogP contribution in [0.3, 0.4) is 0 Å². The standard InChI is InChI=1S/C13H13BrN2O2S/c1-9-12(14)19-13(15-9)16-11(17)8-18-7-10-5-3-2-4-6-10/h2-6H,7-8H2,1H3,(H,15,16,17). The fourth-order valence-corrected chi connectivity index (χ4v) is 2.68. The number of amides is 1. The van der Waals surface area contributed by atoms with E-state index in [1.54, 1.807) is 0 Å². The van der Waals surface area contributed by atoms with Crippen LogP contribution in [0.25, 0.3) is 0 Å². The van der Waals surface area contributed by atoms with Gasteiger partial charge in [-0.1, -0.05) is 41.7 Å². The summed E-state index contributed by atoms with van der Waals surface area (Å²) in [5.41, 5.74) is 1.91. The highest BCUT2D eigenvalue weighted by Gasteiger charge is 2.08. The number of hydrogen-bond acceptors (Lipinski definition) is 4. The molecule has 1 heterocycles. The van der Waals surface area contributed by atoms with Crippen LogP contribution >= 0.6 is 27.3 Å². The molecule has 0 spiro atoms. The van der Waals surface area contributed by atoms with Crippen molar-refractivity contribution in [3.63, 3.8) is 0 Å². The number of anilines is 1. The van der Waals surface area contributed by atoms with Gasteiger partial charge in [0.05, 0.1) is 16.1 Å². The molecule has 4 nitrogen and oxygen atoms in total. The van der Waals surface area contributed by atoms with Crippen LogP contribution < -0.4 is 5.32 Å². The maximum atomic E-state index is 11.6. The Morgan fingerprint density at radius 2 is 2.16 bits per heavy atom. The number of carbonyl (C=O) groups is 1. The monoisotopic (exact) mass is 340 g/mol. The molecule has 1 N–H and O–H groups in total. The van der Waals surface area contributed by atoms with Crippen LogP contribution in [0.4, 0.5) is 5.13 Å². The zero-order valence-electron chi connectivity index (χ0n) is 10.4. The third-order valence-electron chi connectivity index (χ3n) is 2.33. The molecule has 0 atom stereocenters. The molecule has 2 rings (SSSR count). The molecule has 0 aliphatic heterocycles. The molecule has 0 aliphatic rings. The Bertz CT molecular complexity index is 538. The molecule has 1 aromatic carbocycles. The van der Waals surface area contributed by atoms with E-state index in [0.29, 0.717) is 11.7 Å². The van der Waals surface area contributed by atoms with Gasteiger partial charge in [0.2, 0.25) is 0 Å². The summed E-state index contributed by atoms with van der Waals surface area (Å²) < 4.78 is 6.27. The lowest BCUT2D eigenvalue weighted by molar-refractivity contribution is -0.121. The number of thiazole rings is 1. The Kier molecular flexibility index (Phi) is 5.07. The first-order chi connectivity index (χ1) is 9.15. The quantitative estimate of drug-likeness (QED) is 0.907. The van der Waals surface area contributed by atoms with Gasteiger partial charge in [-0.3, -0.25) is 10.1 Å². The molecule has 19 heavy (non-hydrogen) atoms. The van der Waals surface area contributed by atoms with E-state index in [9.17, 15) is 4.79 Å². The van der Waals surface area contributed by atoms with Crippen molar-refractivity contribution in [3.8, 4) is 0 Å². The van der Waals surface area contributed by atoms with Gasteiger partial charge < -0.3 is 4.74 Å². The fourth-order valence-electron chi connectivity index (χ4n) is 1.42. The Hall–Kier alpha value is -1.24. The van der Waals surface area contributed by atoms with Gasteiger partial charge in [-0.15, -0.1) is 0 Å². The Morgan fingerprint density at radius 3 is 2.79 bits per heavy atom. The number of rotatable bonds is 5. The molecule has 2 aromatic rings. The lowest BCUT2D eigenvalue weighted by Gasteiger charge is -2.04. The van der Waals surface area contributed by atoms with Crippen molar-refractivity contribution in [1.29, 1.82) is 0 Å². The highest BCUT2D eigenvalue weighted by Crippen LogP contribution is 2.27. The van der Waals surface area contributed by atoms with Gasteiger partial charge in [-0.25, -0.2) is 4.98 Å². The number of nitrogens with one attached hydrogen (secondary N) is 1. The largest absolute Gasteiger partial charge is 0.367 e. The average molecular weight is 341 g/mol. The van der Waals surface area contributed by atoms with Crippen molar-refractivity contribution in [2.24, 2.45) is 0 Å². The fraction of sp³-hybridized carbons (Fsp3) is 0.231. The van der Waals surface area contributed by atoms with Crippen molar-refractivity contribution in [1.82, 2.24) is 4.98 Å². The van der Waals surface area contributed by atoms with E-state index in [4.69, 9.17) is 4.74 Å². The Balaban J connectivity index is 1.76. The highest BCUT2D eigenvalue weighted by molar-refractivity contribution is 9.11. The molecule has 1 amide bonds. The number of aromatic nitrogens is 1. The van der Waals surface area contributed by atoms with Crippen LogP contribution in [0.5, 0.6) is 0 Å². The number of aryl methyl sites for hydroxylation is 1. The molecule has 100 valence electrons. The summed E-state index contributed by atoms with van der Waals surface area (Å²) >= 11 is 4.75. The summed E-state index contributed by atoms with van der Waals surface area (Å²) in [5.74, 6) is -0.197. The zero-order valence-corrected chi connectivity index (χ0v) is 12.8. The summed E-state index contributed by atoms with van der Waals surface area (Å²) in [6, 6.07) is 9.74. The van der Waals surface area contributed by atoms with Crippen LogP contribution in [0, 0.1) is 6.92 Å². The predicted octanol–water partition coefficient (Wildman–Crippen LogP) is 3.37. The van der Waals surface area contributed by atoms with Gasteiger partial charge >= 0.3 is 0 Å². The molecule has 0 bridgehead atoms. The molecule has 0 saturated heterocycles. The number of carbonyl (C=O) groups excluding carboxylic acids is 1. The normalized spacial score (nSPS) is 10.4. The number of nitrogens with zero attached hydrogens (tertiary/aromatic N) is 1. The summed E-state index contributed by atoms with van der Waals surface area (Å²) in [6.45, 7) is 2.32. The van der Waals surface area contributed by atoms with Crippen molar-refractivity contribution < 1.29 is 9.53 Å². The van der Waals surface area contributed by atoms with Crippen LogP contribution in [-0.2, 0) is 16.1 Å². The van der Waals surface area contributed by atoms with E-state index in [-0.39, 0.29) is 12.5 Å². The molecule has 0 radical (unpaired) electrons. The number of hydrogen-bond donors (Lipinski definition) is 1. The van der Waals surface area contributed by atoms with Gasteiger partial charge in [-0.2, -0.15) is 0 Å². The predicted molar refractivity (Wildman–Crippen MR) is 79.3 cm³/mol. The van der Waals surface area contributed by atoms with Crippen molar-refractivity contribution in [3.05, 3.63) is 45.4 Å². The Labute approximate surface area is 124 Å². The molecular weight excluding hydrogens is 328 g/mol. The number of ether oxygens (including phenoxy) is 1. The van der Waals surface area contributed by atoms with Gasteiger partial charge in [0.25, 0.3) is 5.91 Å². The minimum absolute atomic E-state index is 0.0190. The molecule has 1 aromatic heterocycles. The molecule has 0 fully saturated rings. The van der Waals surface area contributed by atoms with Gasteiger partial charge in [0.15, 0.2) is 5.13 Å². The summed E-state index contributed by atoms with van der Waals surface area (Å²) in [6.07, 6.45) is 0. The topological polar surface area (TPSA) is 51.2 Å². The minimum Gasteiger partial charge on any atom is -0.367 e. The van der Waals surface area contributed by atoms with Gasteiger partial charge in [-0.05, 0) is 28.4 Å². The van der Waals surface area contributed by atoms with Gasteiger partial charge in [0, 0.05) is 0 Å². The summed E-state index contributed by atoms with van der Waals surface area (Å²) in [4.78, 5) is 15.8. The second kappa shape index (κ2) is 6.79. The lowest BCUT2D eigenvalue weighted by atomic mass is 10.2. The second-order valence-corrected chi connectivity index (χ2v) is 6.22. The minimum atomic E-state index is -0.197. The first-order valence-corrected chi connectivity index (χ1v) is 7.30. The maximum absolute atomic E-state index is 11.6. The second-order valence-electron chi connectivity index (χ2n) is 3.90. The maximum Gasteiger partial charge on any atom is 0.252 e. The average Bonchev–Trinajstić information content (AvgIpc) is 2.69. The van der Waals surface area contributed by atoms with E-state index >= 15 is 0 Å². The molecule has 6 heteroatoms. The van der Waals surface area contributed by atoms with Crippen molar-refractivity contribution in [2.75, 3.05) is 11.9 Å². The third-order valence-corrected chi connectivity index (χ3v) is 4.25. The van der Waals surface area contributed by atoms with Crippen LogP contribution in [0.15, 0.2) is 34.1 Å². The number of halogens is 1. The van der Waals surface area contributed by atoms with E-state index in [0.717, 1.165) is 15.0 Å². The molecular formula is C13H13BrN2O2S. The third kappa shape index (κ3) is 4.41. The first-order valence-electron chi connectivity index (χ1n) is 5.69. The van der Waals surface area contributed by atoms with E-state index in [1.165, 1.54) is 11.3 Å². The van der Waals surface area contributed by atoms with Crippen LogP contribution in [0.1, 0.15) is 11.3 Å². The highest BCUT2D eigenvalue weighted by atomic mass is 79.9. The summed E-state index contributed by atoms with van der Waals surface area (Å²) in [5, 5.41) is 3.28. The SMILES string of the molecule is Cc1nc(NC(=O)COCc2ccccc2)sc1Br. The molecule has 0 saturated carbocycles. The van der Waals surface area contributed by atoms with Gasteiger partial charge in [0.1, 0.15) is 6.61 Å². The van der Waals surface area contributed by atoms with E-state index in [2.05, 4.69) is 26.2 Å². The van der Waals surface area contributed by atoms with Crippen molar-refractivity contribution in [2.45, 2.75) is 13.5 Å². The number of benzene rings is 1. The van der Waals surface area contributed by atoms with E-state index in [1.807, 2.05) is 37.3 Å². The van der Waals surface area contributed by atoms with Crippen LogP contribution in [0.2, 0.25) is 0 Å². The lowest BCUT2D eigenvalue weighted by Crippen LogP contribution is -2.18. The van der Waals surface area contributed by atoms with Crippen molar-refractivity contribution >= 4 is 38.3 Å².